The summed E-state index contributed by atoms with van der Waals surface area (Å²) in [4.78, 5) is 30.6. The minimum Gasteiger partial charge on any atom is -0.480 e. The maximum Gasteiger partial charge on any atom is 0.325 e. The second-order valence-electron chi connectivity index (χ2n) is 7.33. The van der Waals surface area contributed by atoms with Gasteiger partial charge in [0.15, 0.2) is 0 Å². The third-order valence-corrected chi connectivity index (χ3v) is 5.33. The Kier molecular flexibility index (Phi) is 5.97. The number of methoxy groups -OCH3 is 1. The molecule has 2 aliphatic rings. The van der Waals surface area contributed by atoms with Gasteiger partial charge in [-0.2, -0.15) is 0 Å². The van der Waals surface area contributed by atoms with E-state index in [1.54, 1.807) is 26.8 Å². The van der Waals surface area contributed by atoms with Gasteiger partial charge in [0.1, 0.15) is 12.6 Å². The minimum absolute atomic E-state index is 0.0626. The summed E-state index contributed by atoms with van der Waals surface area (Å²) < 4.78 is 10.9. The normalized spacial score (nSPS) is 19.2. The number of nitrogens with zero attached hydrogens (tertiary/aromatic N) is 5. The molecule has 2 fully saturated rings. The standard InChI is InChI=1S/C21H25N5O4/c1-29-18-9-10-19(23-22-18)30-17-8-5-11-24(14-17)20(27)15-25-12-13-26(21(25)28)16-6-3-2-4-7-16/h2-4,6-7,9-10,17H,5,8,11-15H2,1H3. The van der Waals surface area contributed by atoms with Crippen molar-refractivity contribution in [1.82, 2.24) is 20.0 Å². The van der Waals surface area contributed by atoms with Crippen molar-refractivity contribution in [2.75, 3.05) is 44.7 Å². The second kappa shape index (κ2) is 8.98. The van der Waals surface area contributed by atoms with E-state index in [0.29, 0.717) is 37.9 Å². The molecule has 3 heterocycles. The number of hydrogen-bond acceptors (Lipinski definition) is 6. The highest BCUT2D eigenvalue weighted by Crippen LogP contribution is 2.21. The van der Waals surface area contributed by atoms with Gasteiger partial charge in [0.2, 0.25) is 17.7 Å². The number of carbonyl (C=O) groups is 2. The van der Waals surface area contributed by atoms with Crippen molar-refractivity contribution in [3.63, 3.8) is 0 Å². The fraction of sp³-hybridized carbons (Fsp3) is 0.429. The van der Waals surface area contributed by atoms with Crippen LogP contribution in [0.3, 0.4) is 0 Å². The molecule has 1 unspecified atom stereocenters. The molecule has 30 heavy (non-hydrogen) atoms. The molecule has 0 saturated carbocycles. The van der Waals surface area contributed by atoms with Gasteiger partial charge < -0.3 is 19.3 Å². The molecule has 2 aromatic rings. The number of para-hydroxylation sites is 1. The number of aromatic nitrogens is 2. The third-order valence-electron chi connectivity index (χ3n) is 5.33. The van der Waals surface area contributed by atoms with Crippen LogP contribution in [0, 0.1) is 0 Å². The van der Waals surface area contributed by atoms with Crippen LogP contribution in [0.1, 0.15) is 12.8 Å². The van der Waals surface area contributed by atoms with E-state index in [4.69, 9.17) is 9.47 Å². The van der Waals surface area contributed by atoms with Gasteiger partial charge in [0.25, 0.3) is 0 Å². The Balaban J connectivity index is 1.31. The zero-order valence-electron chi connectivity index (χ0n) is 16.9. The van der Waals surface area contributed by atoms with E-state index in [-0.39, 0.29) is 24.6 Å². The molecular weight excluding hydrogens is 386 g/mol. The third kappa shape index (κ3) is 4.45. The second-order valence-corrected chi connectivity index (χ2v) is 7.33. The molecule has 158 valence electrons. The lowest BCUT2D eigenvalue weighted by Gasteiger charge is -2.33. The van der Waals surface area contributed by atoms with Gasteiger partial charge in [-0.25, -0.2) is 4.79 Å². The SMILES string of the molecule is COc1ccc(OC2CCCN(C(=O)CN3CCN(c4ccccc4)C3=O)C2)nn1. The van der Waals surface area contributed by atoms with Crippen LogP contribution >= 0.6 is 0 Å². The molecule has 2 saturated heterocycles. The smallest absolute Gasteiger partial charge is 0.325 e. The van der Waals surface area contributed by atoms with Crippen molar-refractivity contribution in [2.45, 2.75) is 18.9 Å². The van der Waals surface area contributed by atoms with Gasteiger partial charge in [0, 0.05) is 37.5 Å². The van der Waals surface area contributed by atoms with Gasteiger partial charge in [-0.05, 0) is 25.0 Å². The van der Waals surface area contributed by atoms with E-state index in [0.717, 1.165) is 18.5 Å². The minimum atomic E-state index is -0.152. The lowest BCUT2D eigenvalue weighted by atomic mass is 10.1. The number of benzene rings is 1. The Morgan fingerprint density at radius 2 is 1.83 bits per heavy atom. The molecule has 3 amide bonds. The topological polar surface area (TPSA) is 88.1 Å². The van der Waals surface area contributed by atoms with Crippen LogP contribution in [-0.4, -0.2) is 77.9 Å². The largest absolute Gasteiger partial charge is 0.480 e. The highest BCUT2D eigenvalue weighted by atomic mass is 16.5. The highest BCUT2D eigenvalue weighted by molar-refractivity contribution is 5.96. The Morgan fingerprint density at radius 3 is 2.57 bits per heavy atom. The van der Waals surface area contributed by atoms with Crippen molar-refractivity contribution < 1.29 is 19.1 Å². The van der Waals surface area contributed by atoms with Crippen molar-refractivity contribution in [1.29, 1.82) is 0 Å². The quantitative estimate of drug-likeness (QED) is 0.720. The summed E-state index contributed by atoms with van der Waals surface area (Å²) >= 11 is 0. The average Bonchev–Trinajstić information content (AvgIpc) is 3.15. The summed E-state index contributed by atoms with van der Waals surface area (Å²) in [6.45, 7) is 2.33. The first-order valence-corrected chi connectivity index (χ1v) is 10.1. The highest BCUT2D eigenvalue weighted by Gasteiger charge is 2.33. The monoisotopic (exact) mass is 411 g/mol. The Morgan fingerprint density at radius 1 is 1.07 bits per heavy atom. The Hall–Kier alpha value is -3.36. The molecule has 0 spiro atoms. The molecule has 9 nitrogen and oxygen atoms in total. The molecule has 2 aliphatic heterocycles. The predicted molar refractivity (Wildman–Crippen MR) is 110 cm³/mol. The van der Waals surface area contributed by atoms with Gasteiger partial charge >= 0.3 is 6.03 Å². The first-order chi connectivity index (χ1) is 14.6. The number of ether oxygens (including phenoxy) is 2. The predicted octanol–water partition coefficient (Wildman–Crippen LogP) is 1.80. The van der Waals surface area contributed by atoms with E-state index >= 15 is 0 Å². The summed E-state index contributed by atoms with van der Waals surface area (Å²) in [6, 6.07) is 12.8. The number of carbonyl (C=O) groups excluding carboxylic acids is 2. The van der Waals surface area contributed by atoms with E-state index in [9.17, 15) is 9.59 Å². The fourth-order valence-electron chi connectivity index (χ4n) is 3.75. The van der Waals surface area contributed by atoms with Crippen LogP contribution < -0.4 is 14.4 Å². The molecule has 9 heteroatoms. The summed E-state index contributed by atoms with van der Waals surface area (Å²) in [6.07, 6.45) is 1.52. The number of amides is 3. The molecule has 1 aromatic carbocycles. The molecular formula is C21H25N5O4. The molecule has 0 aliphatic carbocycles. The van der Waals surface area contributed by atoms with Crippen molar-refractivity contribution in [2.24, 2.45) is 0 Å². The zero-order chi connectivity index (χ0) is 20.9. The van der Waals surface area contributed by atoms with E-state index in [1.807, 2.05) is 30.3 Å². The molecule has 0 bridgehead atoms. The zero-order valence-corrected chi connectivity index (χ0v) is 16.9. The van der Waals surface area contributed by atoms with Gasteiger partial charge in [-0.15, -0.1) is 10.2 Å². The van der Waals surface area contributed by atoms with E-state index in [2.05, 4.69) is 10.2 Å². The fourth-order valence-corrected chi connectivity index (χ4v) is 3.75. The first-order valence-electron chi connectivity index (χ1n) is 10.1. The number of piperidine rings is 1. The van der Waals surface area contributed by atoms with Crippen LogP contribution in [0.25, 0.3) is 0 Å². The van der Waals surface area contributed by atoms with Crippen LogP contribution in [-0.2, 0) is 4.79 Å². The lowest BCUT2D eigenvalue weighted by molar-refractivity contribution is -0.134. The van der Waals surface area contributed by atoms with Crippen LogP contribution in [0.5, 0.6) is 11.8 Å². The number of likely N-dealkylation sites (tertiary alicyclic amines) is 1. The molecule has 0 N–H and O–H groups in total. The Bertz CT molecular complexity index is 877. The Labute approximate surface area is 175 Å². The van der Waals surface area contributed by atoms with E-state index < -0.39 is 0 Å². The summed E-state index contributed by atoms with van der Waals surface area (Å²) in [5.74, 6) is 0.762. The molecule has 0 radical (unpaired) electrons. The first kappa shape index (κ1) is 19.9. The lowest BCUT2D eigenvalue weighted by Crippen LogP contribution is -2.48. The average molecular weight is 411 g/mol. The van der Waals surface area contributed by atoms with Crippen molar-refractivity contribution in [3.8, 4) is 11.8 Å². The molecule has 4 rings (SSSR count). The van der Waals surface area contributed by atoms with Gasteiger partial charge in [-0.1, -0.05) is 18.2 Å². The summed E-state index contributed by atoms with van der Waals surface area (Å²) in [5.41, 5.74) is 0.851. The number of anilines is 1. The summed E-state index contributed by atoms with van der Waals surface area (Å²) in [7, 11) is 1.53. The maximum atomic E-state index is 12.8. The summed E-state index contributed by atoms with van der Waals surface area (Å²) in [5, 5.41) is 7.88. The molecule has 1 aromatic heterocycles. The number of hydrogen-bond donors (Lipinski definition) is 0. The van der Waals surface area contributed by atoms with Crippen LogP contribution in [0.2, 0.25) is 0 Å². The number of urea groups is 1. The van der Waals surface area contributed by atoms with Gasteiger partial charge in [0.05, 0.1) is 13.7 Å². The molecule has 1 atom stereocenters. The van der Waals surface area contributed by atoms with Crippen molar-refractivity contribution in [3.05, 3.63) is 42.5 Å². The van der Waals surface area contributed by atoms with E-state index in [1.165, 1.54) is 7.11 Å². The maximum absolute atomic E-state index is 12.8. The van der Waals surface area contributed by atoms with Crippen molar-refractivity contribution >= 4 is 17.6 Å². The van der Waals surface area contributed by atoms with Gasteiger partial charge in [-0.3, -0.25) is 9.69 Å². The van der Waals surface area contributed by atoms with Crippen LogP contribution in [0.15, 0.2) is 42.5 Å². The number of rotatable bonds is 6. The van der Waals surface area contributed by atoms with Crippen LogP contribution in [0.4, 0.5) is 10.5 Å².